The van der Waals surface area contributed by atoms with E-state index in [4.69, 9.17) is 19.6 Å². The fraction of sp³-hybridized carbons (Fsp3) is 0.300. The van der Waals surface area contributed by atoms with E-state index in [1.807, 2.05) is 0 Å². The summed E-state index contributed by atoms with van der Waals surface area (Å²) < 4.78 is 15.3. The molecule has 0 fully saturated rings. The molecule has 0 atom stereocenters. The Kier molecular flexibility index (Phi) is 3.34. The predicted molar refractivity (Wildman–Crippen MR) is 53.4 cm³/mol. The van der Waals surface area contributed by atoms with Gasteiger partial charge >= 0.3 is 0 Å². The van der Waals surface area contributed by atoms with Crippen LogP contribution in [0.15, 0.2) is 12.1 Å². The maximum absolute atomic E-state index is 8.86. The Labute approximate surface area is 82.9 Å². The zero-order valence-corrected chi connectivity index (χ0v) is 8.40. The summed E-state index contributed by atoms with van der Waals surface area (Å²) in [7, 11) is 4.58. The second-order valence-electron chi connectivity index (χ2n) is 2.59. The first-order valence-corrected chi connectivity index (χ1v) is 4.04. The van der Waals surface area contributed by atoms with E-state index in [0.29, 0.717) is 22.8 Å². The van der Waals surface area contributed by atoms with Gasteiger partial charge in [-0.1, -0.05) is 0 Å². The highest BCUT2D eigenvalue weighted by molar-refractivity contribution is 5.80. The van der Waals surface area contributed by atoms with E-state index in [9.17, 15) is 0 Å². The summed E-state index contributed by atoms with van der Waals surface area (Å²) in [5, 5.41) is 8.86. The molecule has 0 amide bonds. The molecular weight excluding hydrogens is 182 g/mol. The molecule has 0 unspecified atom stereocenters. The van der Waals surface area contributed by atoms with Gasteiger partial charge in [-0.2, -0.15) is 5.41 Å². The number of nitrogens with zero attached hydrogens (tertiary/aromatic N) is 1. The van der Waals surface area contributed by atoms with Gasteiger partial charge in [0.25, 0.3) is 0 Å². The highest BCUT2D eigenvalue weighted by Crippen LogP contribution is 2.37. The molecule has 14 heavy (non-hydrogen) atoms. The van der Waals surface area contributed by atoms with Crippen molar-refractivity contribution in [1.82, 2.24) is 5.41 Å². The minimum atomic E-state index is 0.514. The van der Waals surface area contributed by atoms with Crippen LogP contribution in [0.5, 0.6) is 17.2 Å². The van der Waals surface area contributed by atoms with Crippen molar-refractivity contribution in [3.63, 3.8) is 0 Å². The van der Waals surface area contributed by atoms with Gasteiger partial charge < -0.3 is 14.2 Å². The maximum Gasteiger partial charge on any atom is 0.203 e. The van der Waals surface area contributed by atoms with Gasteiger partial charge in [0.2, 0.25) is 5.75 Å². The number of ether oxygens (including phenoxy) is 3. The zero-order chi connectivity index (χ0) is 10.6. The summed E-state index contributed by atoms with van der Waals surface area (Å²) in [5.74, 6) is 1.56. The van der Waals surface area contributed by atoms with Gasteiger partial charge in [0.1, 0.15) is 0 Å². The molecule has 1 aromatic carbocycles. The number of hydrogen-bond donors (Lipinski definition) is 0. The number of benzene rings is 1. The van der Waals surface area contributed by atoms with E-state index in [2.05, 4.69) is 0 Å². The van der Waals surface area contributed by atoms with E-state index in [1.54, 1.807) is 12.1 Å². The Balaban J connectivity index is 3.31. The first kappa shape index (κ1) is 10.4. The first-order valence-electron chi connectivity index (χ1n) is 4.04. The Morgan fingerprint density at radius 2 is 1.50 bits per heavy atom. The van der Waals surface area contributed by atoms with Crippen molar-refractivity contribution < 1.29 is 14.2 Å². The second-order valence-corrected chi connectivity index (χ2v) is 2.59. The average Bonchev–Trinajstić information content (AvgIpc) is 2.26. The summed E-state index contributed by atoms with van der Waals surface area (Å²) in [6.45, 7) is 0. The maximum atomic E-state index is 8.86. The van der Waals surface area contributed by atoms with Crippen LogP contribution in [0.2, 0.25) is 0 Å². The summed E-state index contributed by atoms with van der Waals surface area (Å²) in [5.41, 5.74) is 0.597. The lowest BCUT2D eigenvalue weighted by Crippen LogP contribution is -1.96. The van der Waals surface area contributed by atoms with Gasteiger partial charge in [-0.25, -0.2) is 0 Å². The van der Waals surface area contributed by atoms with E-state index in [-0.39, 0.29) is 0 Å². The highest BCUT2D eigenvalue weighted by Gasteiger charge is 2.11. The van der Waals surface area contributed by atoms with Crippen LogP contribution in [-0.4, -0.2) is 27.5 Å². The van der Waals surface area contributed by atoms with Crippen molar-refractivity contribution in [2.45, 2.75) is 0 Å². The Bertz CT molecular complexity index is 311. The summed E-state index contributed by atoms with van der Waals surface area (Å²) in [6.07, 6.45) is 0.977. The monoisotopic (exact) mass is 194 g/mol. The van der Waals surface area contributed by atoms with Gasteiger partial charge in [-0.05, 0) is 12.1 Å². The Morgan fingerprint density at radius 3 is 1.79 bits per heavy atom. The van der Waals surface area contributed by atoms with Gasteiger partial charge in [0.05, 0.1) is 27.5 Å². The molecule has 0 saturated heterocycles. The molecule has 0 aliphatic rings. The van der Waals surface area contributed by atoms with Crippen molar-refractivity contribution in [2.75, 3.05) is 21.3 Å². The molecule has 0 heterocycles. The minimum absolute atomic E-state index is 0.514. The molecule has 0 bridgehead atoms. The standard InChI is InChI=1S/C10H12NO3/c1-12-8-4-7(6-11)5-9(13-2)10(8)14-3/h4-6H,1-3H3. The van der Waals surface area contributed by atoms with E-state index < -0.39 is 0 Å². The molecule has 75 valence electrons. The van der Waals surface area contributed by atoms with Crippen LogP contribution in [0, 0.1) is 0 Å². The molecule has 0 aliphatic heterocycles. The lowest BCUT2D eigenvalue weighted by Gasteiger charge is -2.12. The largest absolute Gasteiger partial charge is 0.493 e. The molecule has 0 spiro atoms. The summed E-state index contributed by atoms with van der Waals surface area (Å²) in [6, 6.07) is 3.31. The molecule has 1 rings (SSSR count). The van der Waals surface area contributed by atoms with Crippen LogP contribution in [0.25, 0.3) is 0 Å². The number of hydrogen-bond acceptors (Lipinski definition) is 3. The number of methoxy groups -OCH3 is 3. The van der Waals surface area contributed by atoms with Crippen molar-refractivity contribution >= 4 is 6.21 Å². The van der Waals surface area contributed by atoms with Crippen molar-refractivity contribution in [2.24, 2.45) is 0 Å². The molecule has 1 aromatic rings. The fourth-order valence-corrected chi connectivity index (χ4v) is 1.18. The lowest BCUT2D eigenvalue weighted by molar-refractivity contribution is 0.324. The zero-order valence-electron chi connectivity index (χ0n) is 8.40. The fourth-order valence-electron chi connectivity index (χ4n) is 1.18. The van der Waals surface area contributed by atoms with Crippen molar-refractivity contribution in [1.29, 1.82) is 0 Å². The topological polar surface area (TPSA) is 50.0 Å². The van der Waals surface area contributed by atoms with Gasteiger partial charge in [-0.3, -0.25) is 0 Å². The van der Waals surface area contributed by atoms with Crippen LogP contribution < -0.4 is 19.6 Å². The quantitative estimate of drug-likeness (QED) is 0.670. The highest BCUT2D eigenvalue weighted by atomic mass is 16.5. The van der Waals surface area contributed by atoms with E-state index in [1.165, 1.54) is 21.3 Å². The normalized spacial score (nSPS) is 9.36. The van der Waals surface area contributed by atoms with Crippen LogP contribution in [-0.2, 0) is 0 Å². The smallest absolute Gasteiger partial charge is 0.203 e. The molecule has 4 heteroatoms. The molecule has 0 N–H and O–H groups in total. The van der Waals surface area contributed by atoms with Crippen LogP contribution in [0.1, 0.15) is 5.56 Å². The average molecular weight is 194 g/mol. The van der Waals surface area contributed by atoms with Gasteiger partial charge in [0, 0.05) is 5.56 Å². The van der Waals surface area contributed by atoms with Crippen molar-refractivity contribution in [3.05, 3.63) is 17.7 Å². The van der Waals surface area contributed by atoms with Crippen LogP contribution in [0.3, 0.4) is 0 Å². The summed E-state index contributed by atoms with van der Waals surface area (Å²) >= 11 is 0. The van der Waals surface area contributed by atoms with E-state index >= 15 is 0 Å². The lowest BCUT2D eigenvalue weighted by atomic mass is 10.2. The van der Waals surface area contributed by atoms with Crippen molar-refractivity contribution in [3.8, 4) is 17.2 Å². The van der Waals surface area contributed by atoms with E-state index in [0.717, 1.165) is 6.21 Å². The minimum Gasteiger partial charge on any atom is -0.493 e. The van der Waals surface area contributed by atoms with Gasteiger partial charge in [0.15, 0.2) is 11.5 Å². The second kappa shape index (κ2) is 4.50. The first-order chi connectivity index (χ1) is 6.76. The third-order valence-corrected chi connectivity index (χ3v) is 1.84. The summed E-state index contributed by atoms with van der Waals surface area (Å²) in [4.78, 5) is 0. The van der Waals surface area contributed by atoms with Gasteiger partial charge in [-0.15, -0.1) is 0 Å². The molecular formula is C10H12NO3. The number of rotatable bonds is 4. The molecule has 1 radical (unpaired) electrons. The Hall–Kier alpha value is -1.71. The SMILES string of the molecule is COc1cc(C=[N])cc(OC)c1OC. The molecule has 0 aliphatic carbocycles. The Morgan fingerprint density at radius 1 is 1.00 bits per heavy atom. The third kappa shape index (κ3) is 1.79. The van der Waals surface area contributed by atoms with Crippen LogP contribution in [0.4, 0.5) is 0 Å². The molecule has 0 saturated carbocycles. The molecule has 4 nitrogen and oxygen atoms in total. The molecule has 0 aromatic heterocycles. The van der Waals surface area contributed by atoms with Crippen LogP contribution >= 0.6 is 0 Å². The predicted octanol–water partition coefficient (Wildman–Crippen LogP) is 0.931. The third-order valence-electron chi connectivity index (χ3n) is 1.84.